The van der Waals surface area contributed by atoms with Crippen molar-refractivity contribution in [3.05, 3.63) is 30.0 Å². The number of ether oxygens (including phenoxy) is 1. The SMILES string of the molecule is COCC(Cl)CN(C)C(=O)Cc1noc2ccccc12. The standard InChI is InChI=1S/C14H17ClN2O3/c1-17(8-10(15)9-19-2)14(18)7-12-11-5-3-4-6-13(11)20-16-12/h3-6,10H,7-9H2,1-2H3. The highest BCUT2D eigenvalue weighted by molar-refractivity contribution is 6.21. The van der Waals surface area contributed by atoms with Crippen LogP contribution in [0, 0.1) is 0 Å². The molecule has 20 heavy (non-hydrogen) atoms. The molecule has 0 saturated heterocycles. The second-order valence-electron chi connectivity index (χ2n) is 4.63. The maximum absolute atomic E-state index is 12.1. The molecule has 2 rings (SSSR count). The summed E-state index contributed by atoms with van der Waals surface area (Å²) in [6, 6.07) is 7.48. The maximum Gasteiger partial charge on any atom is 0.228 e. The molecule has 1 amide bonds. The minimum Gasteiger partial charge on any atom is -0.383 e. The summed E-state index contributed by atoms with van der Waals surface area (Å²) in [5.41, 5.74) is 1.34. The van der Waals surface area contributed by atoms with Crippen molar-refractivity contribution < 1.29 is 14.1 Å². The highest BCUT2D eigenvalue weighted by Gasteiger charge is 2.17. The van der Waals surface area contributed by atoms with Gasteiger partial charge in [0.25, 0.3) is 0 Å². The van der Waals surface area contributed by atoms with Crippen LogP contribution >= 0.6 is 11.6 Å². The third-order valence-electron chi connectivity index (χ3n) is 3.02. The van der Waals surface area contributed by atoms with Crippen LogP contribution < -0.4 is 0 Å². The summed E-state index contributed by atoms with van der Waals surface area (Å²) in [5, 5.41) is 4.60. The highest BCUT2D eigenvalue weighted by atomic mass is 35.5. The van der Waals surface area contributed by atoms with Crippen molar-refractivity contribution >= 4 is 28.5 Å². The summed E-state index contributed by atoms with van der Waals surface area (Å²) >= 11 is 6.04. The first-order valence-corrected chi connectivity index (χ1v) is 6.75. The van der Waals surface area contributed by atoms with Crippen LogP contribution in [0.4, 0.5) is 0 Å². The van der Waals surface area contributed by atoms with Gasteiger partial charge in [-0.25, -0.2) is 0 Å². The van der Waals surface area contributed by atoms with E-state index in [0.717, 1.165) is 5.39 Å². The minimum absolute atomic E-state index is 0.0502. The van der Waals surface area contributed by atoms with Crippen molar-refractivity contribution in [2.75, 3.05) is 27.3 Å². The predicted octanol–water partition coefficient (Wildman–Crippen LogP) is 2.08. The fourth-order valence-electron chi connectivity index (χ4n) is 1.98. The zero-order chi connectivity index (χ0) is 14.5. The van der Waals surface area contributed by atoms with Gasteiger partial charge in [-0.1, -0.05) is 17.3 Å². The van der Waals surface area contributed by atoms with Gasteiger partial charge in [0.05, 0.1) is 18.4 Å². The number of carbonyl (C=O) groups excluding carboxylic acids is 1. The van der Waals surface area contributed by atoms with Crippen molar-refractivity contribution in [3.63, 3.8) is 0 Å². The number of halogens is 1. The van der Waals surface area contributed by atoms with Gasteiger partial charge in [0, 0.05) is 26.1 Å². The third-order valence-corrected chi connectivity index (χ3v) is 3.28. The molecule has 0 aliphatic heterocycles. The zero-order valence-electron chi connectivity index (χ0n) is 11.5. The molecule has 0 radical (unpaired) electrons. The number of rotatable bonds is 6. The van der Waals surface area contributed by atoms with Crippen LogP contribution in [-0.4, -0.2) is 48.6 Å². The summed E-state index contributed by atoms with van der Waals surface area (Å²) in [6.07, 6.45) is 0.199. The number of hydrogen-bond donors (Lipinski definition) is 0. The van der Waals surface area contributed by atoms with E-state index in [1.165, 1.54) is 0 Å². The molecule has 0 aliphatic carbocycles. The van der Waals surface area contributed by atoms with E-state index in [4.69, 9.17) is 20.9 Å². The average molecular weight is 297 g/mol. The van der Waals surface area contributed by atoms with Gasteiger partial charge < -0.3 is 14.2 Å². The van der Waals surface area contributed by atoms with Crippen molar-refractivity contribution in [1.82, 2.24) is 10.1 Å². The molecule has 0 spiro atoms. The lowest BCUT2D eigenvalue weighted by Gasteiger charge is -2.19. The number of amides is 1. The first-order valence-electron chi connectivity index (χ1n) is 6.32. The summed E-state index contributed by atoms with van der Waals surface area (Å²) in [4.78, 5) is 13.7. The molecule has 1 aromatic carbocycles. The number of alkyl halides is 1. The topological polar surface area (TPSA) is 55.6 Å². The van der Waals surface area contributed by atoms with Crippen LogP contribution in [0.15, 0.2) is 28.8 Å². The molecule has 1 atom stereocenters. The van der Waals surface area contributed by atoms with Crippen LogP contribution in [0.25, 0.3) is 11.0 Å². The second kappa shape index (κ2) is 6.72. The molecule has 1 heterocycles. The third kappa shape index (κ3) is 3.49. The number of methoxy groups -OCH3 is 1. The first kappa shape index (κ1) is 14.8. The summed E-state index contributed by atoms with van der Waals surface area (Å²) in [7, 11) is 3.30. The zero-order valence-corrected chi connectivity index (χ0v) is 12.3. The van der Waals surface area contributed by atoms with E-state index in [0.29, 0.717) is 24.4 Å². The number of likely N-dealkylation sites (N-methyl/N-ethyl adjacent to an activating group) is 1. The van der Waals surface area contributed by atoms with Gasteiger partial charge in [0.1, 0.15) is 5.69 Å². The highest BCUT2D eigenvalue weighted by Crippen LogP contribution is 2.18. The molecule has 108 valence electrons. The Morgan fingerprint density at radius 3 is 3.00 bits per heavy atom. The number of benzene rings is 1. The molecule has 0 saturated carbocycles. The Morgan fingerprint density at radius 1 is 1.50 bits per heavy atom. The van der Waals surface area contributed by atoms with Gasteiger partial charge >= 0.3 is 0 Å². The lowest BCUT2D eigenvalue weighted by atomic mass is 10.1. The first-order chi connectivity index (χ1) is 9.61. The van der Waals surface area contributed by atoms with E-state index in [9.17, 15) is 4.79 Å². The van der Waals surface area contributed by atoms with Gasteiger partial charge in [-0.3, -0.25) is 4.79 Å². The van der Waals surface area contributed by atoms with E-state index >= 15 is 0 Å². The lowest BCUT2D eigenvalue weighted by molar-refractivity contribution is -0.129. The van der Waals surface area contributed by atoms with Crippen molar-refractivity contribution in [2.24, 2.45) is 0 Å². The van der Waals surface area contributed by atoms with E-state index < -0.39 is 0 Å². The lowest BCUT2D eigenvalue weighted by Crippen LogP contribution is -2.35. The Morgan fingerprint density at radius 2 is 2.25 bits per heavy atom. The Hall–Kier alpha value is -1.59. The Bertz CT molecular complexity index is 585. The van der Waals surface area contributed by atoms with Gasteiger partial charge in [-0.2, -0.15) is 0 Å². The summed E-state index contributed by atoms with van der Waals surface area (Å²) in [6.45, 7) is 0.843. The summed E-state index contributed by atoms with van der Waals surface area (Å²) in [5.74, 6) is -0.0502. The Balaban J connectivity index is 2.00. The number of para-hydroxylation sites is 1. The molecule has 6 heteroatoms. The maximum atomic E-state index is 12.1. The molecule has 0 bridgehead atoms. The average Bonchev–Trinajstić information content (AvgIpc) is 2.82. The molecule has 5 nitrogen and oxygen atoms in total. The van der Waals surface area contributed by atoms with Gasteiger partial charge in [-0.15, -0.1) is 11.6 Å². The number of nitrogens with zero attached hydrogens (tertiary/aromatic N) is 2. The number of aromatic nitrogens is 1. The second-order valence-corrected chi connectivity index (χ2v) is 5.25. The van der Waals surface area contributed by atoms with Crippen molar-refractivity contribution in [2.45, 2.75) is 11.8 Å². The fourth-order valence-corrected chi connectivity index (χ4v) is 2.31. The Labute approximate surface area is 122 Å². The molecular weight excluding hydrogens is 280 g/mol. The fraction of sp³-hybridized carbons (Fsp3) is 0.429. The molecular formula is C14H17ClN2O3. The normalized spacial score (nSPS) is 12.6. The molecule has 1 unspecified atom stereocenters. The number of fused-ring (bicyclic) bond motifs is 1. The Kier molecular flexibility index (Phi) is 4.98. The van der Waals surface area contributed by atoms with Crippen LogP contribution in [0.3, 0.4) is 0 Å². The van der Waals surface area contributed by atoms with E-state index in [1.54, 1.807) is 19.1 Å². The molecule has 0 aliphatic rings. The van der Waals surface area contributed by atoms with Crippen molar-refractivity contribution in [3.8, 4) is 0 Å². The minimum atomic E-state index is -0.219. The van der Waals surface area contributed by atoms with Crippen molar-refractivity contribution in [1.29, 1.82) is 0 Å². The van der Waals surface area contributed by atoms with Gasteiger partial charge in [0.2, 0.25) is 5.91 Å². The number of carbonyl (C=O) groups is 1. The van der Waals surface area contributed by atoms with Crippen LogP contribution in [-0.2, 0) is 16.0 Å². The number of hydrogen-bond acceptors (Lipinski definition) is 4. The van der Waals surface area contributed by atoms with E-state index in [2.05, 4.69) is 5.16 Å². The predicted molar refractivity (Wildman–Crippen MR) is 76.9 cm³/mol. The van der Waals surface area contributed by atoms with Gasteiger partial charge in [0.15, 0.2) is 5.58 Å². The van der Waals surface area contributed by atoms with Gasteiger partial charge in [-0.05, 0) is 12.1 Å². The van der Waals surface area contributed by atoms with E-state index in [-0.39, 0.29) is 17.7 Å². The monoisotopic (exact) mass is 296 g/mol. The molecule has 2 aromatic rings. The van der Waals surface area contributed by atoms with Crippen LogP contribution in [0.2, 0.25) is 0 Å². The van der Waals surface area contributed by atoms with E-state index in [1.807, 2.05) is 24.3 Å². The van der Waals surface area contributed by atoms with Crippen LogP contribution in [0.5, 0.6) is 0 Å². The summed E-state index contributed by atoms with van der Waals surface area (Å²) < 4.78 is 10.1. The smallest absolute Gasteiger partial charge is 0.228 e. The quantitative estimate of drug-likeness (QED) is 0.766. The largest absolute Gasteiger partial charge is 0.383 e. The molecule has 0 N–H and O–H groups in total. The van der Waals surface area contributed by atoms with Crippen LogP contribution in [0.1, 0.15) is 5.69 Å². The molecule has 0 fully saturated rings. The molecule has 1 aromatic heterocycles.